The van der Waals surface area contributed by atoms with Gasteiger partial charge >= 0.3 is 0 Å². The Kier molecular flexibility index (Phi) is 5.76. The first-order valence-electron chi connectivity index (χ1n) is 11.0. The highest BCUT2D eigenvalue weighted by molar-refractivity contribution is 5.94. The topological polar surface area (TPSA) is 73.5 Å². The van der Waals surface area contributed by atoms with E-state index >= 15 is 0 Å². The summed E-state index contributed by atoms with van der Waals surface area (Å²) >= 11 is 0. The molecule has 1 N–H and O–H groups in total. The SMILES string of the molecule is Cc1nc2ccccc2n1CCCNC(=O)c1cccc(OCc2cn3ccccc3n2)c1. The van der Waals surface area contributed by atoms with Crippen LogP contribution in [0.3, 0.4) is 0 Å². The van der Waals surface area contributed by atoms with Crippen molar-refractivity contribution in [1.82, 2.24) is 24.3 Å². The average molecular weight is 440 g/mol. The summed E-state index contributed by atoms with van der Waals surface area (Å²) in [4.78, 5) is 21.8. The minimum Gasteiger partial charge on any atom is -0.487 e. The van der Waals surface area contributed by atoms with Crippen LogP contribution < -0.4 is 10.1 Å². The van der Waals surface area contributed by atoms with Gasteiger partial charge in [0, 0.05) is 31.0 Å². The van der Waals surface area contributed by atoms with Crippen LogP contribution in [-0.4, -0.2) is 31.4 Å². The Morgan fingerprint density at radius 2 is 1.91 bits per heavy atom. The third kappa shape index (κ3) is 4.57. The number of nitrogens with one attached hydrogen (secondary N) is 1. The second-order valence-electron chi connectivity index (χ2n) is 7.92. The maximum Gasteiger partial charge on any atom is 0.251 e. The molecule has 5 rings (SSSR count). The summed E-state index contributed by atoms with van der Waals surface area (Å²) in [6, 6.07) is 21.2. The summed E-state index contributed by atoms with van der Waals surface area (Å²) in [7, 11) is 0. The van der Waals surface area contributed by atoms with Crippen LogP contribution in [0.4, 0.5) is 0 Å². The van der Waals surface area contributed by atoms with Crippen LogP contribution >= 0.6 is 0 Å². The van der Waals surface area contributed by atoms with Crippen molar-refractivity contribution in [2.24, 2.45) is 0 Å². The molecule has 0 saturated heterocycles. The number of amides is 1. The van der Waals surface area contributed by atoms with Gasteiger partial charge in [-0.25, -0.2) is 9.97 Å². The van der Waals surface area contributed by atoms with Gasteiger partial charge in [-0.3, -0.25) is 4.79 Å². The quantitative estimate of drug-likeness (QED) is 0.364. The maximum atomic E-state index is 12.6. The number of aromatic nitrogens is 4. The van der Waals surface area contributed by atoms with Gasteiger partial charge in [0.15, 0.2) is 0 Å². The fourth-order valence-corrected chi connectivity index (χ4v) is 3.96. The van der Waals surface area contributed by atoms with Gasteiger partial charge in [0.05, 0.1) is 16.7 Å². The van der Waals surface area contributed by atoms with E-state index in [9.17, 15) is 4.79 Å². The van der Waals surface area contributed by atoms with E-state index in [1.165, 1.54) is 0 Å². The van der Waals surface area contributed by atoms with Crippen LogP contribution in [0.1, 0.15) is 28.3 Å². The molecule has 33 heavy (non-hydrogen) atoms. The number of fused-ring (bicyclic) bond motifs is 2. The monoisotopic (exact) mass is 439 g/mol. The largest absolute Gasteiger partial charge is 0.487 e. The number of aryl methyl sites for hydroxylation is 2. The summed E-state index contributed by atoms with van der Waals surface area (Å²) in [5, 5.41) is 3.00. The lowest BCUT2D eigenvalue weighted by atomic mass is 10.2. The summed E-state index contributed by atoms with van der Waals surface area (Å²) in [6.45, 7) is 3.73. The van der Waals surface area contributed by atoms with Crippen LogP contribution in [0, 0.1) is 6.92 Å². The molecule has 0 atom stereocenters. The number of rotatable bonds is 8. The predicted octanol–water partition coefficient (Wildman–Crippen LogP) is 4.39. The van der Waals surface area contributed by atoms with E-state index in [0.29, 0.717) is 24.5 Å². The van der Waals surface area contributed by atoms with Crippen molar-refractivity contribution in [3.63, 3.8) is 0 Å². The molecule has 0 saturated carbocycles. The molecule has 166 valence electrons. The Labute approximate surface area is 191 Å². The number of ether oxygens (including phenoxy) is 1. The molecule has 0 aliphatic heterocycles. The predicted molar refractivity (Wildman–Crippen MR) is 127 cm³/mol. The highest BCUT2D eigenvalue weighted by atomic mass is 16.5. The fourth-order valence-electron chi connectivity index (χ4n) is 3.96. The number of carbonyl (C=O) groups excluding carboxylic acids is 1. The Balaban J connectivity index is 1.15. The molecule has 0 unspecified atom stereocenters. The van der Waals surface area contributed by atoms with E-state index in [4.69, 9.17) is 4.74 Å². The van der Waals surface area contributed by atoms with E-state index in [0.717, 1.165) is 41.2 Å². The van der Waals surface area contributed by atoms with Crippen molar-refractivity contribution in [2.75, 3.05) is 6.54 Å². The van der Waals surface area contributed by atoms with Gasteiger partial charge in [-0.05, 0) is 55.8 Å². The average Bonchev–Trinajstić information content (AvgIpc) is 3.40. The molecule has 1 amide bonds. The first-order chi connectivity index (χ1) is 16.2. The number of carbonyl (C=O) groups is 1. The Morgan fingerprint density at radius 3 is 2.82 bits per heavy atom. The molecule has 0 radical (unpaired) electrons. The number of benzene rings is 2. The fraction of sp³-hybridized carbons (Fsp3) is 0.192. The zero-order valence-corrected chi connectivity index (χ0v) is 18.4. The number of para-hydroxylation sites is 2. The second kappa shape index (κ2) is 9.16. The highest BCUT2D eigenvalue weighted by Crippen LogP contribution is 2.17. The molecule has 0 bridgehead atoms. The van der Waals surface area contributed by atoms with E-state index in [2.05, 4.69) is 25.9 Å². The molecule has 5 aromatic rings. The van der Waals surface area contributed by atoms with Crippen LogP contribution in [0.25, 0.3) is 16.7 Å². The van der Waals surface area contributed by atoms with Gasteiger partial charge in [0.1, 0.15) is 23.8 Å². The standard InChI is InChI=1S/C26H25N5O2/c1-19-28-23-10-2-3-11-24(23)31(19)15-7-13-27-26(32)20-8-6-9-22(16-20)33-18-21-17-30-14-5-4-12-25(30)29-21/h2-6,8-12,14,16-17H,7,13,15,18H2,1H3,(H,27,32). The number of hydrogen-bond donors (Lipinski definition) is 1. The summed E-state index contributed by atoms with van der Waals surface area (Å²) in [5.74, 6) is 1.51. The van der Waals surface area contributed by atoms with Crippen LogP contribution in [-0.2, 0) is 13.2 Å². The Morgan fingerprint density at radius 1 is 1.03 bits per heavy atom. The minimum absolute atomic E-state index is 0.111. The van der Waals surface area contributed by atoms with Gasteiger partial charge in [-0.1, -0.05) is 24.3 Å². The van der Waals surface area contributed by atoms with Crippen molar-refractivity contribution in [3.8, 4) is 5.75 Å². The van der Waals surface area contributed by atoms with Gasteiger partial charge in [0.25, 0.3) is 5.91 Å². The Hall–Kier alpha value is -4.13. The molecular weight excluding hydrogens is 414 g/mol. The smallest absolute Gasteiger partial charge is 0.251 e. The van der Waals surface area contributed by atoms with Crippen molar-refractivity contribution >= 4 is 22.6 Å². The van der Waals surface area contributed by atoms with Gasteiger partial charge in [-0.2, -0.15) is 0 Å². The number of hydrogen-bond acceptors (Lipinski definition) is 4. The molecule has 0 spiro atoms. The lowest BCUT2D eigenvalue weighted by molar-refractivity contribution is 0.0952. The van der Waals surface area contributed by atoms with Crippen molar-refractivity contribution in [1.29, 1.82) is 0 Å². The third-order valence-corrected chi connectivity index (χ3v) is 5.59. The molecule has 3 aromatic heterocycles. The summed E-state index contributed by atoms with van der Waals surface area (Å²) in [6.07, 6.45) is 4.71. The minimum atomic E-state index is -0.111. The highest BCUT2D eigenvalue weighted by Gasteiger charge is 2.09. The molecule has 0 aliphatic carbocycles. The normalized spacial score (nSPS) is 11.2. The van der Waals surface area contributed by atoms with Crippen molar-refractivity contribution in [3.05, 3.63) is 96.2 Å². The van der Waals surface area contributed by atoms with E-state index in [1.807, 2.05) is 72.2 Å². The Bertz CT molecular complexity index is 1390. The first-order valence-corrected chi connectivity index (χ1v) is 11.0. The molecule has 2 aromatic carbocycles. The number of nitrogens with zero attached hydrogens (tertiary/aromatic N) is 4. The first kappa shape index (κ1) is 20.8. The molecule has 0 fully saturated rings. The van der Waals surface area contributed by atoms with Gasteiger partial charge in [0.2, 0.25) is 0 Å². The van der Waals surface area contributed by atoms with Crippen LogP contribution in [0.15, 0.2) is 79.1 Å². The lowest BCUT2D eigenvalue weighted by Crippen LogP contribution is -2.25. The van der Waals surface area contributed by atoms with E-state index < -0.39 is 0 Å². The van der Waals surface area contributed by atoms with Crippen LogP contribution in [0.2, 0.25) is 0 Å². The zero-order valence-electron chi connectivity index (χ0n) is 18.4. The number of imidazole rings is 2. The van der Waals surface area contributed by atoms with E-state index in [-0.39, 0.29) is 5.91 Å². The second-order valence-corrected chi connectivity index (χ2v) is 7.92. The maximum absolute atomic E-state index is 12.6. The molecule has 3 heterocycles. The van der Waals surface area contributed by atoms with Crippen LogP contribution in [0.5, 0.6) is 5.75 Å². The third-order valence-electron chi connectivity index (χ3n) is 5.59. The summed E-state index contributed by atoms with van der Waals surface area (Å²) < 4.78 is 10.0. The molecule has 0 aliphatic rings. The van der Waals surface area contributed by atoms with Gasteiger partial charge < -0.3 is 19.0 Å². The summed E-state index contributed by atoms with van der Waals surface area (Å²) in [5.41, 5.74) is 4.41. The number of pyridine rings is 1. The van der Waals surface area contributed by atoms with Gasteiger partial charge in [-0.15, -0.1) is 0 Å². The zero-order chi connectivity index (χ0) is 22.6. The molecule has 7 heteroatoms. The van der Waals surface area contributed by atoms with E-state index in [1.54, 1.807) is 12.1 Å². The van der Waals surface area contributed by atoms with Crippen molar-refractivity contribution < 1.29 is 9.53 Å². The molecular formula is C26H25N5O2. The molecule has 7 nitrogen and oxygen atoms in total. The van der Waals surface area contributed by atoms with Crippen molar-refractivity contribution in [2.45, 2.75) is 26.5 Å². The lowest BCUT2D eigenvalue weighted by Gasteiger charge is -2.09.